The van der Waals surface area contributed by atoms with E-state index in [1.54, 1.807) is 0 Å². The molecule has 3 unspecified atom stereocenters. The highest BCUT2D eigenvalue weighted by Gasteiger charge is 2.44. The summed E-state index contributed by atoms with van der Waals surface area (Å²) in [7, 11) is 0. The van der Waals surface area contributed by atoms with E-state index in [9.17, 15) is 0 Å². The summed E-state index contributed by atoms with van der Waals surface area (Å²) in [6, 6.07) is 0.475. The molecule has 1 aliphatic carbocycles. The Morgan fingerprint density at radius 1 is 1.25 bits per heavy atom. The molecule has 0 aromatic carbocycles. The maximum absolute atomic E-state index is 6.10. The molecule has 1 saturated carbocycles. The van der Waals surface area contributed by atoms with E-state index in [2.05, 4.69) is 33.0 Å². The summed E-state index contributed by atoms with van der Waals surface area (Å²) in [6.07, 6.45) is 2.60. The Kier molecular flexibility index (Phi) is 5.22. The molecule has 3 atom stereocenters. The van der Waals surface area contributed by atoms with Gasteiger partial charge in [0.25, 0.3) is 0 Å². The summed E-state index contributed by atoms with van der Waals surface area (Å²) in [4.78, 5) is 0. The molecular weight excluding hydrogens is 202 g/mol. The normalized spacial score (nSPS) is 30.2. The monoisotopic (exact) mass is 229 g/mol. The van der Waals surface area contributed by atoms with E-state index in [0.717, 1.165) is 26.0 Å². The summed E-state index contributed by atoms with van der Waals surface area (Å²) in [5, 5.41) is 3.45. The molecular formula is C13H27NO2. The Morgan fingerprint density at radius 3 is 2.44 bits per heavy atom. The average molecular weight is 229 g/mol. The maximum Gasteiger partial charge on any atom is 0.0990 e. The Morgan fingerprint density at radius 2 is 1.94 bits per heavy atom. The molecule has 0 aromatic rings. The Balaban J connectivity index is 2.44. The fraction of sp³-hybridized carbons (Fsp3) is 1.00. The molecule has 1 rings (SSSR count). The van der Waals surface area contributed by atoms with Crippen LogP contribution in [0.4, 0.5) is 0 Å². The Bertz CT molecular complexity index is 206. The van der Waals surface area contributed by atoms with Crippen LogP contribution in [0.15, 0.2) is 0 Å². The molecule has 0 heterocycles. The highest BCUT2D eigenvalue weighted by molar-refractivity contribution is 4.98. The second-order valence-electron chi connectivity index (χ2n) is 5.09. The van der Waals surface area contributed by atoms with Crippen LogP contribution in [0.5, 0.6) is 0 Å². The first-order valence-electron chi connectivity index (χ1n) is 6.56. The highest BCUT2D eigenvalue weighted by atomic mass is 16.6. The van der Waals surface area contributed by atoms with Gasteiger partial charge in [-0.3, -0.25) is 0 Å². The first kappa shape index (κ1) is 13.9. The topological polar surface area (TPSA) is 30.5 Å². The molecule has 3 nitrogen and oxygen atoms in total. The van der Waals surface area contributed by atoms with Crippen molar-refractivity contribution in [2.24, 2.45) is 0 Å². The minimum absolute atomic E-state index is 0.0306. The number of hydrogen-bond acceptors (Lipinski definition) is 3. The molecule has 0 aliphatic heterocycles. The van der Waals surface area contributed by atoms with E-state index in [1.807, 2.05) is 6.92 Å². The van der Waals surface area contributed by atoms with Gasteiger partial charge in [-0.05, 0) is 40.2 Å². The lowest BCUT2D eigenvalue weighted by atomic mass is 9.84. The van der Waals surface area contributed by atoms with Crippen molar-refractivity contribution in [3.05, 3.63) is 0 Å². The quantitative estimate of drug-likeness (QED) is 0.727. The SMILES string of the molecule is CCNC1CC(OC(C)(C)CC)C1OCC. The summed E-state index contributed by atoms with van der Waals surface area (Å²) >= 11 is 0. The minimum atomic E-state index is -0.0306. The van der Waals surface area contributed by atoms with Crippen LogP contribution in [0.2, 0.25) is 0 Å². The second kappa shape index (κ2) is 5.99. The van der Waals surface area contributed by atoms with Gasteiger partial charge < -0.3 is 14.8 Å². The van der Waals surface area contributed by atoms with Gasteiger partial charge in [-0.15, -0.1) is 0 Å². The van der Waals surface area contributed by atoms with Crippen molar-refractivity contribution in [2.75, 3.05) is 13.2 Å². The lowest BCUT2D eigenvalue weighted by Gasteiger charge is -2.47. The summed E-state index contributed by atoms with van der Waals surface area (Å²) < 4.78 is 11.9. The molecule has 0 aromatic heterocycles. The van der Waals surface area contributed by atoms with E-state index in [0.29, 0.717) is 6.04 Å². The number of nitrogens with one attached hydrogen (secondary N) is 1. The maximum atomic E-state index is 6.10. The van der Waals surface area contributed by atoms with Gasteiger partial charge in [-0.25, -0.2) is 0 Å². The summed E-state index contributed by atoms with van der Waals surface area (Å²) in [6.45, 7) is 12.4. The molecule has 0 saturated heterocycles. The largest absolute Gasteiger partial charge is 0.374 e. The minimum Gasteiger partial charge on any atom is -0.374 e. The van der Waals surface area contributed by atoms with Crippen LogP contribution in [0, 0.1) is 0 Å². The number of likely N-dealkylation sites (N-methyl/N-ethyl adjacent to an activating group) is 1. The molecule has 0 spiro atoms. The van der Waals surface area contributed by atoms with E-state index in [4.69, 9.17) is 9.47 Å². The smallest absolute Gasteiger partial charge is 0.0990 e. The number of ether oxygens (including phenoxy) is 2. The summed E-state index contributed by atoms with van der Waals surface area (Å²) in [5.41, 5.74) is -0.0306. The third kappa shape index (κ3) is 3.44. The first-order chi connectivity index (χ1) is 7.54. The van der Waals surface area contributed by atoms with Crippen LogP contribution in [0.3, 0.4) is 0 Å². The standard InChI is InChI=1S/C13H27NO2/c1-6-13(4,5)16-11-9-10(14-7-2)12(11)15-8-3/h10-12,14H,6-9H2,1-5H3. The van der Waals surface area contributed by atoms with Crippen molar-refractivity contribution in [3.63, 3.8) is 0 Å². The first-order valence-corrected chi connectivity index (χ1v) is 6.56. The van der Waals surface area contributed by atoms with Crippen LogP contribution in [-0.2, 0) is 9.47 Å². The van der Waals surface area contributed by atoms with Crippen LogP contribution < -0.4 is 5.32 Å². The molecule has 1 aliphatic rings. The molecule has 0 radical (unpaired) electrons. The van der Waals surface area contributed by atoms with Gasteiger partial charge in [0, 0.05) is 12.6 Å². The number of hydrogen-bond donors (Lipinski definition) is 1. The van der Waals surface area contributed by atoms with Gasteiger partial charge >= 0.3 is 0 Å². The van der Waals surface area contributed by atoms with Crippen LogP contribution in [0.25, 0.3) is 0 Å². The fourth-order valence-electron chi connectivity index (χ4n) is 2.07. The predicted molar refractivity (Wildman–Crippen MR) is 66.7 cm³/mol. The van der Waals surface area contributed by atoms with Crippen molar-refractivity contribution in [1.82, 2.24) is 5.32 Å². The Labute approximate surface area is 99.9 Å². The van der Waals surface area contributed by atoms with Gasteiger partial charge in [0.15, 0.2) is 0 Å². The van der Waals surface area contributed by atoms with E-state index >= 15 is 0 Å². The van der Waals surface area contributed by atoms with Gasteiger partial charge in [0.1, 0.15) is 0 Å². The van der Waals surface area contributed by atoms with Gasteiger partial charge in [-0.1, -0.05) is 13.8 Å². The molecule has 96 valence electrons. The summed E-state index contributed by atoms with van der Waals surface area (Å²) in [5.74, 6) is 0. The third-order valence-corrected chi connectivity index (χ3v) is 3.40. The third-order valence-electron chi connectivity index (χ3n) is 3.40. The van der Waals surface area contributed by atoms with Crippen LogP contribution in [-0.4, -0.2) is 37.0 Å². The molecule has 3 heteroatoms. The van der Waals surface area contributed by atoms with Crippen molar-refractivity contribution in [1.29, 1.82) is 0 Å². The average Bonchev–Trinajstić information content (AvgIpc) is 2.24. The molecule has 0 bridgehead atoms. The van der Waals surface area contributed by atoms with Gasteiger partial charge in [0.2, 0.25) is 0 Å². The van der Waals surface area contributed by atoms with E-state index in [-0.39, 0.29) is 17.8 Å². The zero-order chi connectivity index (χ0) is 12.2. The van der Waals surface area contributed by atoms with Gasteiger partial charge in [-0.2, -0.15) is 0 Å². The van der Waals surface area contributed by atoms with Crippen molar-refractivity contribution >= 4 is 0 Å². The molecule has 0 amide bonds. The van der Waals surface area contributed by atoms with Crippen molar-refractivity contribution < 1.29 is 9.47 Å². The zero-order valence-electron chi connectivity index (χ0n) is 11.4. The number of rotatable bonds is 7. The lowest BCUT2D eigenvalue weighted by molar-refractivity contribution is -0.191. The van der Waals surface area contributed by atoms with Crippen molar-refractivity contribution in [2.45, 2.75) is 71.3 Å². The van der Waals surface area contributed by atoms with Crippen LogP contribution in [0.1, 0.15) is 47.5 Å². The molecule has 1 fully saturated rings. The van der Waals surface area contributed by atoms with Gasteiger partial charge in [0.05, 0.1) is 17.8 Å². The fourth-order valence-corrected chi connectivity index (χ4v) is 2.07. The predicted octanol–water partition coefficient (Wildman–Crippen LogP) is 2.35. The zero-order valence-corrected chi connectivity index (χ0v) is 11.4. The lowest BCUT2D eigenvalue weighted by Crippen LogP contribution is -2.61. The van der Waals surface area contributed by atoms with Crippen molar-refractivity contribution in [3.8, 4) is 0 Å². The Hall–Kier alpha value is -0.120. The second-order valence-corrected chi connectivity index (χ2v) is 5.09. The highest BCUT2D eigenvalue weighted by Crippen LogP contribution is 2.31. The molecule has 1 N–H and O–H groups in total. The van der Waals surface area contributed by atoms with E-state index in [1.165, 1.54) is 0 Å². The van der Waals surface area contributed by atoms with E-state index < -0.39 is 0 Å². The van der Waals surface area contributed by atoms with Crippen LogP contribution >= 0.6 is 0 Å². The molecule has 16 heavy (non-hydrogen) atoms.